The molecule has 0 bridgehead atoms. The van der Waals surface area contributed by atoms with E-state index >= 15 is 0 Å². The maximum Gasteiger partial charge on any atom is 0.307 e. The molecular formula is C29H40N2O4. The Morgan fingerprint density at radius 2 is 1.34 bits per heavy atom. The largest absolute Gasteiger partial charge is 0.465 e. The van der Waals surface area contributed by atoms with Crippen LogP contribution in [0.2, 0.25) is 0 Å². The van der Waals surface area contributed by atoms with Gasteiger partial charge in [0, 0.05) is 32.0 Å². The Balaban J connectivity index is 1.38. The van der Waals surface area contributed by atoms with Gasteiger partial charge in [0.15, 0.2) is 0 Å². The van der Waals surface area contributed by atoms with Crippen molar-refractivity contribution in [2.75, 3.05) is 46.4 Å². The zero-order valence-electron chi connectivity index (χ0n) is 21.1. The van der Waals surface area contributed by atoms with E-state index < -0.39 is 0 Å². The first-order valence-electron chi connectivity index (χ1n) is 12.9. The van der Waals surface area contributed by atoms with E-state index in [4.69, 9.17) is 9.47 Å². The number of benzene rings is 2. The van der Waals surface area contributed by atoms with Gasteiger partial charge in [0.1, 0.15) is 0 Å². The molecule has 1 aliphatic rings. The Hall–Kier alpha value is -2.70. The average Bonchev–Trinajstić information content (AvgIpc) is 3.29. The van der Waals surface area contributed by atoms with Crippen molar-refractivity contribution in [1.29, 1.82) is 0 Å². The fraction of sp³-hybridized carbons (Fsp3) is 0.517. The van der Waals surface area contributed by atoms with Gasteiger partial charge in [-0.15, -0.1) is 0 Å². The van der Waals surface area contributed by atoms with Gasteiger partial charge in [-0.05, 0) is 50.5 Å². The Kier molecular flexibility index (Phi) is 11.8. The fourth-order valence-electron chi connectivity index (χ4n) is 4.51. The molecule has 1 atom stereocenters. The standard InChI is InChI=1S/C29H40N2O4/c1-30-19-8-13-27(30)14-20-31(21-15-28(32)34-23-17-25-9-4-2-5-10-25)22-16-29(33)35-24-18-26-11-6-3-7-12-26/h2-7,9-12,27H,8,13-24H2,1H3. The van der Waals surface area contributed by atoms with Crippen LogP contribution in [0.5, 0.6) is 0 Å². The van der Waals surface area contributed by atoms with Gasteiger partial charge in [-0.3, -0.25) is 9.59 Å². The lowest BCUT2D eigenvalue weighted by atomic mass is 10.1. The molecule has 6 nitrogen and oxygen atoms in total. The van der Waals surface area contributed by atoms with Crippen LogP contribution in [0.1, 0.15) is 43.2 Å². The van der Waals surface area contributed by atoms with Gasteiger partial charge in [-0.2, -0.15) is 0 Å². The van der Waals surface area contributed by atoms with Crippen LogP contribution in [0, 0.1) is 0 Å². The van der Waals surface area contributed by atoms with Crippen molar-refractivity contribution in [3.8, 4) is 0 Å². The molecule has 0 saturated carbocycles. The van der Waals surface area contributed by atoms with Crippen molar-refractivity contribution in [3.63, 3.8) is 0 Å². The predicted molar refractivity (Wildman–Crippen MR) is 138 cm³/mol. The van der Waals surface area contributed by atoms with Gasteiger partial charge >= 0.3 is 11.9 Å². The van der Waals surface area contributed by atoms with E-state index in [1.807, 2.05) is 60.7 Å². The predicted octanol–water partition coefficient (Wildman–Crippen LogP) is 4.12. The van der Waals surface area contributed by atoms with Crippen LogP contribution in [0.4, 0.5) is 0 Å². The number of esters is 2. The molecule has 0 N–H and O–H groups in total. The molecule has 0 amide bonds. The van der Waals surface area contributed by atoms with Gasteiger partial charge in [-0.1, -0.05) is 60.7 Å². The average molecular weight is 481 g/mol. The Labute approximate surface area is 210 Å². The van der Waals surface area contributed by atoms with E-state index in [0.29, 0.717) is 45.2 Å². The Morgan fingerprint density at radius 1 is 0.829 bits per heavy atom. The summed E-state index contributed by atoms with van der Waals surface area (Å²) in [6.07, 6.45) is 5.60. The first kappa shape index (κ1) is 26.9. The van der Waals surface area contributed by atoms with E-state index in [-0.39, 0.29) is 11.9 Å². The highest BCUT2D eigenvalue weighted by atomic mass is 16.5. The minimum Gasteiger partial charge on any atom is -0.465 e. The summed E-state index contributed by atoms with van der Waals surface area (Å²) in [6, 6.07) is 20.6. The molecule has 0 aromatic heterocycles. The summed E-state index contributed by atoms with van der Waals surface area (Å²) < 4.78 is 10.9. The molecule has 1 aliphatic heterocycles. The van der Waals surface area contributed by atoms with E-state index in [1.165, 1.54) is 12.8 Å². The van der Waals surface area contributed by atoms with Crippen molar-refractivity contribution in [2.45, 2.75) is 51.0 Å². The van der Waals surface area contributed by atoms with Crippen LogP contribution in [-0.4, -0.2) is 74.2 Å². The first-order chi connectivity index (χ1) is 17.1. The number of hydrogen-bond donors (Lipinski definition) is 0. The maximum absolute atomic E-state index is 12.3. The summed E-state index contributed by atoms with van der Waals surface area (Å²) in [4.78, 5) is 29.3. The lowest BCUT2D eigenvalue weighted by Gasteiger charge is -2.26. The molecule has 2 aromatic rings. The Bertz CT molecular complexity index is 813. The van der Waals surface area contributed by atoms with Gasteiger partial charge in [0.05, 0.1) is 26.1 Å². The van der Waals surface area contributed by atoms with Gasteiger partial charge in [0.2, 0.25) is 0 Å². The number of likely N-dealkylation sites (tertiary alicyclic amines) is 1. The molecule has 1 heterocycles. The third-order valence-electron chi connectivity index (χ3n) is 6.71. The third kappa shape index (κ3) is 10.6. The smallest absolute Gasteiger partial charge is 0.307 e. The number of nitrogens with zero attached hydrogens (tertiary/aromatic N) is 2. The second kappa shape index (κ2) is 15.3. The normalized spacial score (nSPS) is 15.9. The second-order valence-electron chi connectivity index (χ2n) is 9.32. The SMILES string of the molecule is CN1CCCC1CCN(CCC(=O)OCCc1ccccc1)CCC(=O)OCCc1ccccc1. The van der Waals surface area contributed by atoms with Gasteiger partial charge in [-0.25, -0.2) is 0 Å². The zero-order chi connectivity index (χ0) is 24.7. The van der Waals surface area contributed by atoms with Crippen LogP contribution in [0.3, 0.4) is 0 Å². The summed E-state index contributed by atoms with van der Waals surface area (Å²) in [5.41, 5.74) is 2.32. The van der Waals surface area contributed by atoms with E-state index in [1.54, 1.807) is 0 Å². The number of ether oxygens (including phenoxy) is 2. The molecule has 2 aromatic carbocycles. The molecule has 1 saturated heterocycles. The van der Waals surface area contributed by atoms with Crippen molar-refractivity contribution in [2.24, 2.45) is 0 Å². The molecule has 190 valence electrons. The van der Waals surface area contributed by atoms with Crippen molar-refractivity contribution in [3.05, 3.63) is 71.8 Å². The van der Waals surface area contributed by atoms with Crippen LogP contribution in [-0.2, 0) is 31.9 Å². The highest BCUT2D eigenvalue weighted by Gasteiger charge is 2.22. The second-order valence-corrected chi connectivity index (χ2v) is 9.32. The van der Waals surface area contributed by atoms with Crippen molar-refractivity contribution in [1.82, 2.24) is 9.80 Å². The fourth-order valence-corrected chi connectivity index (χ4v) is 4.51. The van der Waals surface area contributed by atoms with Crippen LogP contribution < -0.4 is 0 Å². The third-order valence-corrected chi connectivity index (χ3v) is 6.71. The number of hydrogen-bond acceptors (Lipinski definition) is 6. The Morgan fingerprint density at radius 3 is 1.80 bits per heavy atom. The molecule has 6 heteroatoms. The minimum atomic E-state index is -0.186. The lowest BCUT2D eigenvalue weighted by molar-refractivity contribution is -0.144. The first-order valence-corrected chi connectivity index (χ1v) is 12.9. The molecule has 0 aliphatic carbocycles. The molecule has 35 heavy (non-hydrogen) atoms. The topological polar surface area (TPSA) is 59.1 Å². The number of carbonyl (C=O) groups excluding carboxylic acids is 2. The van der Waals surface area contributed by atoms with Crippen LogP contribution in [0.15, 0.2) is 60.7 Å². The van der Waals surface area contributed by atoms with Crippen molar-refractivity contribution < 1.29 is 19.1 Å². The summed E-state index contributed by atoms with van der Waals surface area (Å²) >= 11 is 0. The molecule has 1 fully saturated rings. The molecular weight excluding hydrogens is 440 g/mol. The highest BCUT2D eigenvalue weighted by molar-refractivity contribution is 5.70. The molecule has 0 spiro atoms. The molecule has 0 radical (unpaired) electrons. The highest BCUT2D eigenvalue weighted by Crippen LogP contribution is 2.18. The quantitative estimate of drug-likeness (QED) is 0.358. The van der Waals surface area contributed by atoms with Crippen LogP contribution in [0.25, 0.3) is 0 Å². The monoisotopic (exact) mass is 480 g/mol. The zero-order valence-corrected chi connectivity index (χ0v) is 21.1. The molecule has 1 unspecified atom stereocenters. The summed E-state index contributed by atoms with van der Waals surface area (Å²) in [7, 11) is 2.18. The summed E-state index contributed by atoms with van der Waals surface area (Å²) in [5.74, 6) is -0.372. The van der Waals surface area contributed by atoms with Gasteiger partial charge in [0.25, 0.3) is 0 Å². The number of carbonyl (C=O) groups is 2. The van der Waals surface area contributed by atoms with E-state index in [2.05, 4.69) is 16.8 Å². The minimum absolute atomic E-state index is 0.186. The van der Waals surface area contributed by atoms with E-state index in [0.717, 1.165) is 43.5 Å². The van der Waals surface area contributed by atoms with Crippen molar-refractivity contribution >= 4 is 11.9 Å². The summed E-state index contributed by atoms with van der Waals surface area (Å²) in [6.45, 7) is 3.98. The number of rotatable bonds is 15. The van der Waals surface area contributed by atoms with Gasteiger partial charge < -0.3 is 19.3 Å². The van der Waals surface area contributed by atoms with Crippen LogP contribution >= 0.6 is 0 Å². The molecule has 3 rings (SSSR count). The lowest BCUT2D eigenvalue weighted by Crippen LogP contribution is -2.35. The van der Waals surface area contributed by atoms with E-state index in [9.17, 15) is 9.59 Å². The maximum atomic E-state index is 12.3. The summed E-state index contributed by atoms with van der Waals surface area (Å²) in [5, 5.41) is 0.